The van der Waals surface area contributed by atoms with Crippen LogP contribution in [0.15, 0.2) is 28.8 Å². The summed E-state index contributed by atoms with van der Waals surface area (Å²) in [5.74, 6) is -3.58. The molecule has 0 aliphatic heterocycles. The zero-order chi connectivity index (χ0) is 15.7. The van der Waals surface area contributed by atoms with E-state index in [1.54, 1.807) is 0 Å². The lowest BCUT2D eigenvalue weighted by atomic mass is 10.2. The van der Waals surface area contributed by atoms with Crippen molar-refractivity contribution >= 4 is 16.0 Å². The fourth-order valence-corrected chi connectivity index (χ4v) is 2.26. The van der Waals surface area contributed by atoms with E-state index in [2.05, 4.69) is 14.7 Å². The van der Waals surface area contributed by atoms with Crippen molar-refractivity contribution in [3.05, 3.63) is 30.1 Å². The summed E-state index contributed by atoms with van der Waals surface area (Å²) >= 11 is 0. The fraction of sp³-hybridized carbons (Fsp3) is 0.200. The first-order chi connectivity index (χ1) is 9.65. The molecule has 0 radical (unpaired) electrons. The number of sulfonamides is 1. The van der Waals surface area contributed by atoms with Gasteiger partial charge in [-0.2, -0.15) is 18.2 Å². The Balaban J connectivity index is 2.18. The minimum atomic E-state index is -4.90. The second-order valence-corrected chi connectivity index (χ2v) is 5.63. The van der Waals surface area contributed by atoms with Gasteiger partial charge in [0.1, 0.15) is 5.82 Å². The lowest BCUT2D eigenvalue weighted by Gasteiger charge is -2.06. The fourth-order valence-electron chi connectivity index (χ4n) is 1.39. The summed E-state index contributed by atoms with van der Waals surface area (Å²) in [5, 5.41) is 3.17. The van der Waals surface area contributed by atoms with Crippen molar-refractivity contribution in [1.29, 1.82) is 0 Å². The highest BCUT2D eigenvalue weighted by Gasteiger charge is 2.35. The van der Waals surface area contributed by atoms with Crippen molar-refractivity contribution in [2.75, 3.05) is 10.5 Å². The summed E-state index contributed by atoms with van der Waals surface area (Å²) in [6, 6.07) is 4.96. The lowest BCUT2D eigenvalue weighted by molar-refractivity contribution is -0.106. The molecule has 114 valence electrons. The lowest BCUT2D eigenvalue weighted by Crippen LogP contribution is -2.28. The molecule has 2 aromatic rings. The number of hydrogen-bond donors (Lipinski definition) is 1. The molecule has 11 heteroatoms. The summed E-state index contributed by atoms with van der Waals surface area (Å²) in [6.07, 6.45) is -4.90. The van der Waals surface area contributed by atoms with Crippen LogP contribution in [0.1, 0.15) is 0 Å². The monoisotopic (exact) mass is 325 g/mol. The molecular formula is C10H7F4N3O3S. The molecule has 1 aromatic carbocycles. The molecule has 0 saturated carbocycles. The molecule has 2 rings (SSSR count). The standard InChI is InChI=1S/C10H7F4N3O3S/c11-7-3-1-2-6(4-7)8-15-9(16-20-8)17-21(18,19)5-10(12,13)14/h1-4H,5H2,(H,16,17). The van der Waals surface area contributed by atoms with Gasteiger partial charge in [0.2, 0.25) is 10.0 Å². The quantitative estimate of drug-likeness (QED) is 0.871. The first kappa shape index (κ1) is 15.2. The molecule has 0 amide bonds. The van der Waals surface area contributed by atoms with Crippen LogP contribution in [0.5, 0.6) is 0 Å². The van der Waals surface area contributed by atoms with Crippen LogP contribution in [0.25, 0.3) is 11.5 Å². The second kappa shape index (κ2) is 5.31. The number of rotatable bonds is 4. The van der Waals surface area contributed by atoms with E-state index in [4.69, 9.17) is 0 Å². The number of hydrogen-bond acceptors (Lipinski definition) is 5. The first-order valence-electron chi connectivity index (χ1n) is 5.31. The number of alkyl halides is 3. The van der Waals surface area contributed by atoms with Gasteiger partial charge in [0, 0.05) is 5.56 Å². The van der Waals surface area contributed by atoms with E-state index in [0.717, 1.165) is 12.1 Å². The minimum Gasteiger partial charge on any atom is -0.332 e. The number of nitrogens with one attached hydrogen (secondary N) is 1. The second-order valence-electron chi connectivity index (χ2n) is 3.91. The Morgan fingerprint density at radius 1 is 1.29 bits per heavy atom. The van der Waals surface area contributed by atoms with E-state index < -0.39 is 33.7 Å². The molecular weight excluding hydrogens is 318 g/mol. The molecule has 0 saturated heterocycles. The minimum absolute atomic E-state index is 0.156. The van der Waals surface area contributed by atoms with Gasteiger partial charge in [-0.3, -0.25) is 0 Å². The highest BCUT2D eigenvalue weighted by molar-refractivity contribution is 7.92. The highest BCUT2D eigenvalue weighted by atomic mass is 32.2. The van der Waals surface area contributed by atoms with Crippen LogP contribution >= 0.6 is 0 Å². The number of nitrogens with zero attached hydrogens (tertiary/aromatic N) is 2. The van der Waals surface area contributed by atoms with Gasteiger partial charge >= 0.3 is 6.18 Å². The smallest absolute Gasteiger partial charge is 0.332 e. The van der Waals surface area contributed by atoms with E-state index in [1.165, 1.54) is 16.9 Å². The van der Waals surface area contributed by atoms with Gasteiger partial charge in [-0.15, -0.1) is 0 Å². The van der Waals surface area contributed by atoms with Crippen molar-refractivity contribution < 1.29 is 30.5 Å². The van der Waals surface area contributed by atoms with Gasteiger partial charge in [-0.25, -0.2) is 17.5 Å². The van der Waals surface area contributed by atoms with E-state index in [-0.39, 0.29) is 11.5 Å². The maximum atomic E-state index is 13.0. The van der Waals surface area contributed by atoms with Gasteiger partial charge < -0.3 is 4.52 Å². The largest absolute Gasteiger partial charge is 0.404 e. The summed E-state index contributed by atoms with van der Waals surface area (Å²) < 4.78 is 77.7. The molecule has 0 aliphatic rings. The average molecular weight is 325 g/mol. The predicted molar refractivity (Wildman–Crippen MR) is 63.2 cm³/mol. The number of aromatic nitrogens is 2. The van der Waals surface area contributed by atoms with Gasteiger partial charge in [-0.1, -0.05) is 6.07 Å². The maximum Gasteiger partial charge on any atom is 0.404 e. The Hall–Kier alpha value is -2.17. The SMILES string of the molecule is O=S(=O)(CC(F)(F)F)Nc1noc(-c2cccc(F)c2)n1. The third-order valence-electron chi connectivity index (χ3n) is 2.10. The Labute approximate surface area is 115 Å². The van der Waals surface area contributed by atoms with Crippen LogP contribution in [0.2, 0.25) is 0 Å². The van der Waals surface area contributed by atoms with Crippen LogP contribution in [0.4, 0.5) is 23.5 Å². The average Bonchev–Trinajstić information content (AvgIpc) is 2.73. The Morgan fingerprint density at radius 2 is 2.00 bits per heavy atom. The van der Waals surface area contributed by atoms with Crippen LogP contribution in [-0.2, 0) is 10.0 Å². The van der Waals surface area contributed by atoms with Crippen LogP contribution < -0.4 is 4.72 Å². The normalized spacial score (nSPS) is 12.4. The van der Waals surface area contributed by atoms with Crippen LogP contribution in [0.3, 0.4) is 0 Å². The molecule has 0 fully saturated rings. The van der Waals surface area contributed by atoms with E-state index >= 15 is 0 Å². The van der Waals surface area contributed by atoms with Gasteiger partial charge in [0.25, 0.3) is 11.8 Å². The molecule has 0 unspecified atom stereocenters. The molecule has 1 N–H and O–H groups in total. The molecule has 0 spiro atoms. The van der Waals surface area contributed by atoms with Gasteiger partial charge in [0.05, 0.1) is 0 Å². The van der Waals surface area contributed by atoms with E-state index in [0.29, 0.717) is 0 Å². The molecule has 1 aromatic heterocycles. The number of benzene rings is 1. The predicted octanol–water partition coefficient (Wildman–Crippen LogP) is 2.18. The third-order valence-corrected chi connectivity index (χ3v) is 3.30. The molecule has 0 atom stereocenters. The summed E-state index contributed by atoms with van der Waals surface area (Å²) in [6.45, 7) is 0. The third kappa shape index (κ3) is 4.41. The zero-order valence-corrected chi connectivity index (χ0v) is 10.9. The number of anilines is 1. The van der Waals surface area contributed by atoms with Crippen LogP contribution in [0, 0.1) is 5.82 Å². The van der Waals surface area contributed by atoms with Gasteiger partial charge in [0.15, 0.2) is 5.75 Å². The van der Waals surface area contributed by atoms with Crippen LogP contribution in [-0.4, -0.2) is 30.5 Å². The van der Waals surface area contributed by atoms with Crippen molar-refractivity contribution in [3.63, 3.8) is 0 Å². The van der Waals surface area contributed by atoms with Crippen molar-refractivity contribution in [1.82, 2.24) is 10.1 Å². The Bertz CT molecular complexity index is 742. The van der Waals surface area contributed by atoms with Crippen molar-refractivity contribution in [3.8, 4) is 11.5 Å². The number of halogens is 4. The zero-order valence-electron chi connectivity index (χ0n) is 10.1. The summed E-state index contributed by atoms with van der Waals surface area (Å²) in [5.41, 5.74) is 0.156. The summed E-state index contributed by atoms with van der Waals surface area (Å²) in [7, 11) is -4.70. The topological polar surface area (TPSA) is 85.1 Å². The highest BCUT2D eigenvalue weighted by Crippen LogP contribution is 2.21. The molecule has 1 heterocycles. The molecule has 6 nitrogen and oxygen atoms in total. The van der Waals surface area contributed by atoms with E-state index in [1.807, 2.05) is 0 Å². The molecule has 0 bridgehead atoms. The van der Waals surface area contributed by atoms with Gasteiger partial charge in [-0.05, 0) is 23.4 Å². The Kier molecular flexibility index (Phi) is 3.85. The Morgan fingerprint density at radius 3 is 2.62 bits per heavy atom. The summed E-state index contributed by atoms with van der Waals surface area (Å²) in [4.78, 5) is 3.53. The van der Waals surface area contributed by atoms with E-state index in [9.17, 15) is 26.0 Å². The molecule has 0 aliphatic carbocycles. The first-order valence-corrected chi connectivity index (χ1v) is 6.97. The van der Waals surface area contributed by atoms with Crippen molar-refractivity contribution in [2.45, 2.75) is 6.18 Å². The molecule has 21 heavy (non-hydrogen) atoms. The van der Waals surface area contributed by atoms with Crippen molar-refractivity contribution in [2.24, 2.45) is 0 Å². The maximum absolute atomic E-state index is 13.0.